The van der Waals surface area contributed by atoms with Crippen molar-refractivity contribution in [3.8, 4) is 0 Å². The summed E-state index contributed by atoms with van der Waals surface area (Å²) in [6, 6.07) is 0. The van der Waals surface area contributed by atoms with E-state index >= 15 is 0 Å². The molecular formula is C67H104O6. The van der Waals surface area contributed by atoms with Gasteiger partial charge in [-0.15, -0.1) is 0 Å². The lowest BCUT2D eigenvalue weighted by molar-refractivity contribution is -0.167. The first-order valence-electron chi connectivity index (χ1n) is 29.1. The largest absolute Gasteiger partial charge is 0.462 e. The number of hydrogen-bond donors (Lipinski definition) is 0. The average Bonchev–Trinajstić information content (AvgIpc) is 3.39. The Balaban J connectivity index is 4.59. The van der Waals surface area contributed by atoms with E-state index in [1.807, 2.05) is 36.5 Å². The van der Waals surface area contributed by atoms with Crippen LogP contribution >= 0.6 is 0 Å². The van der Waals surface area contributed by atoms with Gasteiger partial charge in [0.2, 0.25) is 0 Å². The van der Waals surface area contributed by atoms with Gasteiger partial charge in [0.15, 0.2) is 6.10 Å². The lowest BCUT2D eigenvalue weighted by atomic mass is 10.1. The second kappa shape index (κ2) is 59.6. The van der Waals surface area contributed by atoms with Crippen LogP contribution in [0.3, 0.4) is 0 Å². The van der Waals surface area contributed by atoms with Crippen molar-refractivity contribution in [3.05, 3.63) is 158 Å². The van der Waals surface area contributed by atoms with Gasteiger partial charge >= 0.3 is 17.9 Å². The van der Waals surface area contributed by atoms with Crippen molar-refractivity contribution in [1.29, 1.82) is 0 Å². The Morgan fingerprint density at radius 1 is 0.301 bits per heavy atom. The maximum atomic E-state index is 12.9. The summed E-state index contributed by atoms with van der Waals surface area (Å²) in [4.78, 5) is 38.2. The number of unbranched alkanes of at least 4 members (excludes halogenated alkanes) is 19. The third-order valence-electron chi connectivity index (χ3n) is 11.7. The average molecular weight is 1010 g/mol. The molecule has 0 aliphatic carbocycles. The molecule has 1 unspecified atom stereocenters. The van der Waals surface area contributed by atoms with Gasteiger partial charge in [-0.3, -0.25) is 14.4 Å². The highest BCUT2D eigenvalue weighted by atomic mass is 16.6. The van der Waals surface area contributed by atoms with E-state index in [9.17, 15) is 14.4 Å². The summed E-state index contributed by atoms with van der Waals surface area (Å²) >= 11 is 0. The topological polar surface area (TPSA) is 78.9 Å². The first-order chi connectivity index (χ1) is 36.0. The molecule has 0 saturated carbocycles. The Bertz CT molecular complexity index is 1670. The second-order valence-corrected chi connectivity index (χ2v) is 18.6. The molecule has 0 aliphatic rings. The highest BCUT2D eigenvalue weighted by Crippen LogP contribution is 2.13. The zero-order chi connectivity index (χ0) is 52.9. The lowest BCUT2D eigenvalue weighted by Gasteiger charge is -2.18. The number of rotatable bonds is 50. The summed E-state index contributed by atoms with van der Waals surface area (Å²) < 4.78 is 16.8. The number of esters is 3. The SMILES string of the molecule is CC/C=C\C/C=C\C/C=C\C/C=C\C/C=C\CCCCCC(=O)OCC(COC(=O)CCCCCCC\C=C/C=C\C=C/CCCCCCC)OC(=O)CCCCCCC\C=C/C=C\C=C/C=C\C=C/CCC. The molecule has 73 heavy (non-hydrogen) atoms. The smallest absolute Gasteiger partial charge is 0.306 e. The third-order valence-corrected chi connectivity index (χ3v) is 11.7. The molecule has 0 aromatic rings. The van der Waals surface area contributed by atoms with Crippen LogP contribution in [0.5, 0.6) is 0 Å². The first-order valence-corrected chi connectivity index (χ1v) is 29.1. The Hall–Kier alpha value is -4.97. The zero-order valence-electron chi connectivity index (χ0n) is 46.6. The maximum Gasteiger partial charge on any atom is 0.306 e. The highest BCUT2D eigenvalue weighted by Gasteiger charge is 2.19. The monoisotopic (exact) mass is 1000 g/mol. The summed E-state index contributed by atoms with van der Waals surface area (Å²) in [7, 11) is 0. The molecule has 1 atom stereocenters. The van der Waals surface area contributed by atoms with Gasteiger partial charge in [-0.1, -0.05) is 256 Å². The van der Waals surface area contributed by atoms with Crippen LogP contribution in [0.2, 0.25) is 0 Å². The van der Waals surface area contributed by atoms with Crippen molar-refractivity contribution in [1.82, 2.24) is 0 Å². The van der Waals surface area contributed by atoms with Crippen molar-refractivity contribution in [3.63, 3.8) is 0 Å². The molecule has 0 aromatic heterocycles. The first kappa shape index (κ1) is 68.0. The van der Waals surface area contributed by atoms with E-state index in [1.165, 1.54) is 38.5 Å². The van der Waals surface area contributed by atoms with Gasteiger partial charge in [0.1, 0.15) is 13.2 Å². The fraction of sp³-hybridized carbons (Fsp3) is 0.567. The van der Waals surface area contributed by atoms with Crippen molar-refractivity contribution in [2.45, 2.75) is 232 Å². The predicted octanol–water partition coefficient (Wildman–Crippen LogP) is 19.8. The molecule has 0 heterocycles. The van der Waals surface area contributed by atoms with Gasteiger partial charge in [0.25, 0.3) is 0 Å². The second-order valence-electron chi connectivity index (χ2n) is 18.6. The van der Waals surface area contributed by atoms with Crippen LogP contribution in [0.15, 0.2) is 158 Å². The molecule has 0 aliphatic heterocycles. The molecule has 0 fully saturated rings. The molecule has 0 saturated heterocycles. The van der Waals surface area contributed by atoms with Gasteiger partial charge in [-0.25, -0.2) is 0 Å². The molecule has 6 heteroatoms. The van der Waals surface area contributed by atoms with E-state index in [-0.39, 0.29) is 37.5 Å². The van der Waals surface area contributed by atoms with E-state index in [1.54, 1.807) is 0 Å². The van der Waals surface area contributed by atoms with Crippen molar-refractivity contribution < 1.29 is 28.6 Å². The van der Waals surface area contributed by atoms with Crippen LogP contribution in [0.4, 0.5) is 0 Å². The van der Waals surface area contributed by atoms with Crippen LogP contribution in [0, 0.1) is 0 Å². The molecular weight excluding hydrogens is 901 g/mol. The Morgan fingerprint density at radius 3 is 1.03 bits per heavy atom. The fourth-order valence-corrected chi connectivity index (χ4v) is 7.32. The normalized spacial score (nSPS) is 13.3. The van der Waals surface area contributed by atoms with Gasteiger partial charge < -0.3 is 14.2 Å². The Kier molecular flexibility index (Phi) is 55.5. The van der Waals surface area contributed by atoms with Gasteiger partial charge in [-0.05, 0) is 109 Å². The van der Waals surface area contributed by atoms with Crippen LogP contribution in [0.25, 0.3) is 0 Å². The van der Waals surface area contributed by atoms with Gasteiger partial charge in [-0.2, -0.15) is 0 Å². The van der Waals surface area contributed by atoms with Crippen LogP contribution in [-0.4, -0.2) is 37.2 Å². The molecule has 0 amide bonds. The molecule has 0 aromatic carbocycles. The van der Waals surface area contributed by atoms with Crippen LogP contribution < -0.4 is 0 Å². The molecule has 0 spiro atoms. The molecule has 0 bridgehead atoms. The Labute approximate surface area is 448 Å². The molecule has 0 N–H and O–H groups in total. The highest BCUT2D eigenvalue weighted by molar-refractivity contribution is 5.71. The number of ether oxygens (including phenoxy) is 3. The predicted molar refractivity (Wildman–Crippen MR) is 315 cm³/mol. The number of hydrogen-bond acceptors (Lipinski definition) is 6. The van der Waals surface area contributed by atoms with E-state index < -0.39 is 6.10 Å². The molecule has 0 rings (SSSR count). The number of carbonyl (C=O) groups is 3. The van der Waals surface area contributed by atoms with E-state index in [4.69, 9.17) is 14.2 Å². The quantitative estimate of drug-likeness (QED) is 0.0199. The van der Waals surface area contributed by atoms with Gasteiger partial charge in [0.05, 0.1) is 0 Å². The summed E-state index contributed by atoms with van der Waals surface area (Å²) in [5.41, 5.74) is 0. The van der Waals surface area contributed by atoms with Crippen molar-refractivity contribution in [2.24, 2.45) is 0 Å². The van der Waals surface area contributed by atoms with E-state index in [0.717, 1.165) is 148 Å². The third kappa shape index (κ3) is 57.8. The summed E-state index contributed by atoms with van der Waals surface area (Å²) in [5.74, 6) is -1.00. The number of carbonyl (C=O) groups excluding carboxylic acids is 3. The van der Waals surface area contributed by atoms with Crippen LogP contribution in [-0.2, 0) is 28.6 Å². The summed E-state index contributed by atoms with van der Waals surface area (Å²) in [6.07, 6.45) is 86.5. The van der Waals surface area contributed by atoms with Crippen molar-refractivity contribution >= 4 is 17.9 Å². The van der Waals surface area contributed by atoms with Crippen LogP contribution in [0.1, 0.15) is 226 Å². The summed E-state index contributed by atoms with van der Waals surface area (Å²) in [5, 5.41) is 0. The zero-order valence-corrected chi connectivity index (χ0v) is 46.6. The van der Waals surface area contributed by atoms with E-state index in [0.29, 0.717) is 12.8 Å². The maximum absolute atomic E-state index is 12.9. The van der Waals surface area contributed by atoms with Gasteiger partial charge in [0, 0.05) is 19.3 Å². The standard InChI is InChI=1S/C67H104O6/c1-4-7-10-13-16-19-22-25-28-31-34-37-39-42-45-48-51-54-57-60-66(69)72-63-64(73-67(70)61-58-55-52-49-46-43-40-36-33-30-27-24-21-18-15-12-9-6-3)62-71-65(68)59-56-53-50-47-44-41-38-35-32-29-26-23-20-17-14-11-8-5-2/h7,10,12,15-16,18-19,21,23-30,32-38,40,42,45,64H,4-6,8-9,11,13-14,17,20,22,31,39,41,43-44,46-63H2,1-3H3/b10-7-,15-12-,19-16-,21-18-,26-23-,27-24-,28-25-,32-29-,33-30-,37-34-,38-35-,40-36-,45-42-. The van der Waals surface area contributed by atoms with Crippen molar-refractivity contribution in [2.75, 3.05) is 13.2 Å². The lowest BCUT2D eigenvalue weighted by Crippen LogP contribution is -2.30. The number of allylic oxidation sites excluding steroid dienone is 26. The molecule has 6 nitrogen and oxygen atoms in total. The Morgan fingerprint density at radius 2 is 0.616 bits per heavy atom. The summed E-state index contributed by atoms with van der Waals surface area (Å²) in [6.45, 7) is 6.34. The minimum Gasteiger partial charge on any atom is -0.462 e. The fourth-order valence-electron chi connectivity index (χ4n) is 7.32. The molecule has 408 valence electrons. The minimum absolute atomic E-state index is 0.118. The minimum atomic E-state index is -0.824. The molecule has 0 radical (unpaired) electrons. The van der Waals surface area contributed by atoms with E-state index in [2.05, 4.69) is 142 Å².